The minimum absolute atomic E-state index is 0.602. The molecule has 0 aliphatic rings. The average Bonchev–Trinajstić information content (AvgIpc) is 2.80. The summed E-state index contributed by atoms with van der Waals surface area (Å²) in [6.45, 7) is 5.39. The largest absolute Gasteiger partial charge is 0.478 e. The van der Waals surface area contributed by atoms with Gasteiger partial charge in [0.2, 0.25) is 5.88 Å². The van der Waals surface area contributed by atoms with Crippen molar-refractivity contribution in [3.05, 3.63) is 28.5 Å². The van der Waals surface area contributed by atoms with E-state index in [0.717, 1.165) is 22.9 Å². The van der Waals surface area contributed by atoms with Crippen LogP contribution < -0.4 is 10.1 Å². The molecule has 0 bridgehead atoms. The summed E-state index contributed by atoms with van der Waals surface area (Å²) < 4.78 is 5.45. The maximum Gasteiger partial charge on any atom is 0.218 e. The van der Waals surface area contributed by atoms with Crippen LogP contribution in [0, 0.1) is 6.92 Å². The van der Waals surface area contributed by atoms with Gasteiger partial charge in [0.1, 0.15) is 17.2 Å². The Labute approximate surface area is 110 Å². The van der Waals surface area contributed by atoms with Crippen molar-refractivity contribution in [2.24, 2.45) is 0 Å². The fourth-order valence-corrected chi connectivity index (χ4v) is 2.08. The Balaban J connectivity index is 1.92. The lowest BCUT2D eigenvalue weighted by Gasteiger charge is -2.06. The van der Waals surface area contributed by atoms with Gasteiger partial charge >= 0.3 is 0 Å². The monoisotopic (exact) mass is 264 g/mol. The lowest BCUT2D eigenvalue weighted by Crippen LogP contribution is -2.03. The van der Waals surface area contributed by atoms with Gasteiger partial charge in [-0.25, -0.2) is 15.0 Å². The third kappa shape index (κ3) is 3.66. The second-order valence-electron chi connectivity index (χ2n) is 3.83. The van der Waals surface area contributed by atoms with Crippen molar-refractivity contribution in [1.82, 2.24) is 15.0 Å². The molecule has 0 saturated heterocycles. The van der Waals surface area contributed by atoms with E-state index < -0.39 is 0 Å². The number of rotatable bonds is 6. The molecule has 1 N–H and O–H groups in total. The van der Waals surface area contributed by atoms with E-state index in [1.54, 1.807) is 17.4 Å². The summed E-state index contributed by atoms with van der Waals surface area (Å²) in [6.07, 6.45) is 2.46. The van der Waals surface area contributed by atoms with Gasteiger partial charge in [0.15, 0.2) is 0 Å². The van der Waals surface area contributed by atoms with Crippen molar-refractivity contribution < 1.29 is 4.74 Å². The fourth-order valence-electron chi connectivity index (χ4n) is 1.37. The Morgan fingerprint density at radius 2 is 2.28 bits per heavy atom. The zero-order valence-electron chi connectivity index (χ0n) is 10.5. The molecule has 5 nitrogen and oxygen atoms in total. The molecule has 0 spiro atoms. The molecule has 0 fully saturated rings. The summed E-state index contributed by atoms with van der Waals surface area (Å²) >= 11 is 1.64. The normalized spacial score (nSPS) is 10.3. The Morgan fingerprint density at radius 3 is 3.00 bits per heavy atom. The average molecular weight is 264 g/mol. The van der Waals surface area contributed by atoms with Gasteiger partial charge in [0.25, 0.3) is 0 Å². The quantitative estimate of drug-likeness (QED) is 0.869. The van der Waals surface area contributed by atoms with Gasteiger partial charge in [-0.2, -0.15) is 0 Å². The van der Waals surface area contributed by atoms with Crippen LogP contribution >= 0.6 is 11.3 Å². The summed E-state index contributed by atoms with van der Waals surface area (Å²) in [4.78, 5) is 12.6. The molecule has 2 rings (SSSR count). The molecule has 96 valence electrons. The van der Waals surface area contributed by atoms with Gasteiger partial charge in [-0.3, -0.25) is 0 Å². The van der Waals surface area contributed by atoms with Gasteiger partial charge < -0.3 is 10.1 Å². The predicted octanol–water partition coefficient (Wildman–Crippen LogP) is 2.64. The molecule has 2 heterocycles. The number of thiazole rings is 1. The van der Waals surface area contributed by atoms with Crippen LogP contribution in [0.15, 0.2) is 17.8 Å². The molecular weight excluding hydrogens is 248 g/mol. The highest BCUT2D eigenvalue weighted by Gasteiger charge is 2.01. The first-order chi connectivity index (χ1) is 8.78. The van der Waals surface area contributed by atoms with Crippen LogP contribution in [0.1, 0.15) is 24.0 Å². The lowest BCUT2D eigenvalue weighted by atomic mass is 10.5. The van der Waals surface area contributed by atoms with Crippen molar-refractivity contribution in [3.8, 4) is 5.88 Å². The van der Waals surface area contributed by atoms with Crippen LogP contribution in [-0.2, 0) is 6.54 Å². The Kier molecular flexibility index (Phi) is 4.46. The molecule has 0 aliphatic carbocycles. The molecule has 0 amide bonds. The Bertz CT molecular complexity index is 500. The number of nitrogens with one attached hydrogen (secondary N) is 1. The fraction of sp³-hybridized carbons (Fsp3) is 0.417. The van der Waals surface area contributed by atoms with E-state index in [-0.39, 0.29) is 0 Å². The van der Waals surface area contributed by atoms with Gasteiger partial charge in [-0.15, -0.1) is 11.3 Å². The van der Waals surface area contributed by atoms with E-state index in [2.05, 4.69) is 27.2 Å². The van der Waals surface area contributed by atoms with Gasteiger partial charge in [-0.1, -0.05) is 6.92 Å². The number of nitrogens with zero attached hydrogens (tertiary/aromatic N) is 3. The second-order valence-corrected chi connectivity index (χ2v) is 4.77. The Hall–Kier alpha value is -1.69. The van der Waals surface area contributed by atoms with Gasteiger partial charge in [0, 0.05) is 17.1 Å². The van der Waals surface area contributed by atoms with E-state index >= 15 is 0 Å². The molecule has 2 aromatic heterocycles. The van der Waals surface area contributed by atoms with Crippen LogP contribution in [0.25, 0.3) is 0 Å². The zero-order chi connectivity index (χ0) is 12.8. The zero-order valence-corrected chi connectivity index (χ0v) is 11.3. The number of aryl methyl sites for hydroxylation is 1. The van der Waals surface area contributed by atoms with Crippen molar-refractivity contribution in [2.45, 2.75) is 26.8 Å². The molecule has 0 atom stereocenters. The standard InChI is InChI=1S/C12H16N4OS/c1-3-4-17-11-5-10(14-8-15-11)13-6-12-16-9(2)7-18-12/h5,7-8H,3-4,6H2,1-2H3,(H,13,14,15). The topological polar surface area (TPSA) is 59.9 Å². The highest BCUT2D eigenvalue weighted by atomic mass is 32.1. The maximum atomic E-state index is 5.45. The minimum atomic E-state index is 0.602. The van der Waals surface area contributed by atoms with Gasteiger partial charge in [0.05, 0.1) is 13.2 Å². The van der Waals surface area contributed by atoms with E-state index in [0.29, 0.717) is 19.0 Å². The summed E-state index contributed by atoms with van der Waals surface area (Å²) in [6, 6.07) is 1.80. The van der Waals surface area contributed by atoms with Crippen molar-refractivity contribution in [1.29, 1.82) is 0 Å². The molecule has 0 unspecified atom stereocenters. The molecule has 0 aromatic carbocycles. The molecule has 6 heteroatoms. The van der Waals surface area contributed by atoms with E-state index in [4.69, 9.17) is 4.74 Å². The molecule has 18 heavy (non-hydrogen) atoms. The third-order valence-electron chi connectivity index (χ3n) is 2.18. The highest BCUT2D eigenvalue weighted by molar-refractivity contribution is 7.09. The van der Waals surface area contributed by atoms with E-state index in [9.17, 15) is 0 Å². The summed E-state index contributed by atoms with van der Waals surface area (Å²) in [5.74, 6) is 1.36. The highest BCUT2D eigenvalue weighted by Crippen LogP contribution is 2.14. The first-order valence-corrected chi connectivity index (χ1v) is 6.75. The van der Waals surface area contributed by atoms with E-state index in [1.807, 2.05) is 12.3 Å². The third-order valence-corrected chi connectivity index (χ3v) is 3.15. The number of aromatic nitrogens is 3. The molecule has 2 aromatic rings. The molecular formula is C12H16N4OS. The summed E-state index contributed by atoms with van der Waals surface area (Å²) in [5, 5.41) is 6.29. The number of hydrogen-bond acceptors (Lipinski definition) is 6. The summed E-state index contributed by atoms with van der Waals surface area (Å²) in [7, 11) is 0. The van der Waals surface area contributed by atoms with Crippen LogP contribution in [0.5, 0.6) is 5.88 Å². The van der Waals surface area contributed by atoms with Crippen LogP contribution in [-0.4, -0.2) is 21.6 Å². The maximum absolute atomic E-state index is 5.45. The summed E-state index contributed by atoms with van der Waals surface area (Å²) in [5.41, 5.74) is 1.05. The van der Waals surface area contributed by atoms with Crippen LogP contribution in [0.3, 0.4) is 0 Å². The number of anilines is 1. The molecule has 0 saturated carbocycles. The van der Waals surface area contributed by atoms with Crippen molar-refractivity contribution in [3.63, 3.8) is 0 Å². The molecule has 0 radical (unpaired) electrons. The first-order valence-electron chi connectivity index (χ1n) is 5.87. The number of hydrogen-bond donors (Lipinski definition) is 1. The van der Waals surface area contributed by atoms with Crippen molar-refractivity contribution >= 4 is 17.2 Å². The van der Waals surface area contributed by atoms with Crippen LogP contribution in [0.2, 0.25) is 0 Å². The van der Waals surface area contributed by atoms with Crippen LogP contribution in [0.4, 0.5) is 5.82 Å². The van der Waals surface area contributed by atoms with E-state index in [1.165, 1.54) is 6.33 Å². The lowest BCUT2D eigenvalue weighted by molar-refractivity contribution is 0.305. The predicted molar refractivity (Wildman–Crippen MR) is 72.0 cm³/mol. The van der Waals surface area contributed by atoms with Gasteiger partial charge in [-0.05, 0) is 13.3 Å². The smallest absolute Gasteiger partial charge is 0.218 e. The SMILES string of the molecule is CCCOc1cc(NCc2nc(C)cs2)ncn1. The number of ether oxygens (including phenoxy) is 1. The first kappa shape index (κ1) is 12.8. The van der Waals surface area contributed by atoms with Crippen molar-refractivity contribution in [2.75, 3.05) is 11.9 Å². The molecule has 0 aliphatic heterocycles. The Morgan fingerprint density at radius 1 is 1.39 bits per heavy atom. The minimum Gasteiger partial charge on any atom is -0.478 e. The second kappa shape index (κ2) is 6.30.